The lowest BCUT2D eigenvalue weighted by Crippen LogP contribution is -2.71. The molecule has 4 rings (SSSR count). The van der Waals surface area contributed by atoms with Gasteiger partial charge >= 0.3 is 5.97 Å². The molecule has 2 unspecified atom stereocenters. The summed E-state index contributed by atoms with van der Waals surface area (Å²) in [6.45, 7) is -0.202. The third-order valence-corrected chi connectivity index (χ3v) is 6.95. The number of rotatable bonds is 8. The molecular weight excluding hydrogens is 519 g/mol. The van der Waals surface area contributed by atoms with Gasteiger partial charge in [0.25, 0.3) is 18.7 Å². The number of oxime groups is 1. The molecule has 15 nitrogen and oxygen atoms in total. The second-order valence-electron chi connectivity index (χ2n) is 7.62. The number of nitrogens with two attached hydrogens (primary N) is 1. The SMILES string of the molecule is CN(C)C1=NCCN1/N=C/C1=C(C(=O)O)N2C(=O)C(NC(=O)/C(=N\OCF)c3nsc(N)n3)C2SC1. The predicted molar refractivity (Wildman–Crippen MR) is 129 cm³/mol. The molecular formula is C18H21FN10O5S2. The molecule has 3 aliphatic rings. The van der Waals surface area contributed by atoms with Gasteiger partial charge < -0.3 is 25.9 Å². The van der Waals surface area contributed by atoms with Crippen LogP contribution in [0.1, 0.15) is 5.82 Å². The number of carboxylic acid groups (broad SMARTS) is 1. The summed E-state index contributed by atoms with van der Waals surface area (Å²) in [6, 6.07) is -1.06. The first kappa shape index (κ1) is 25.3. The molecule has 1 aromatic heterocycles. The molecule has 0 aromatic carbocycles. The van der Waals surface area contributed by atoms with Gasteiger partial charge in [0.15, 0.2) is 5.13 Å². The van der Waals surface area contributed by atoms with Gasteiger partial charge in [-0.3, -0.25) is 14.5 Å². The van der Waals surface area contributed by atoms with Crippen LogP contribution in [0.2, 0.25) is 0 Å². The van der Waals surface area contributed by atoms with Crippen molar-refractivity contribution in [3.05, 3.63) is 17.1 Å². The smallest absolute Gasteiger partial charge is 0.353 e. The Balaban J connectivity index is 1.51. The molecule has 1 fully saturated rings. The maximum atomic E-state index is 12.9. The number of nitrogens with zero attached hydrogens (tertiary/aromatic N) is 8. The number of nitrogens with one attached hydrogen (secondary N) is 1. The standard InChI is InChI=1S/C18H21FN10O5S2/c1-27(2)18-21-3-4-28(18)22-5-8-6-35-15-10(14(31)29(15)11(8)16(32)33)23-13(30)9(25-34-7-19)12-24-17(20)36-26-12/h5,10,15H,3-4,6-7H2,1-2H3,(H,23,30)(H,32,33)(H2,20,24,26)/b22-5+,25-9-. The van der Waals surface area contributed by atoms with Crippen molar-refractivity contribution in [3.8, 4) is 0 Å². The van der Waals surface area contributed by atoms with Crippen LogP contribution in [0.4, 0.5) is 9.52 Å². The van der Waals surface area contributed by atoms with E-state index in [0.717, 1.165) is 16.4 Å². The largest absolute Gasteiger partial charge is 0.477 e. The number of β-lactam (4-membered cyclic amide) rings is 1. The van der Waals surface area contributed by atoms with Crippen molar-refractivity contribution in [2.24, 2.45) is 15.2 Å². The van der Waals surface area contributed by atoms with E-state index >= 15 is 0 Å². The van der Waals surface area contributed by atoms with Crippen molar-refractivity contribution in [3.63, 3.8) is 0 Å². The third kappa shape index (κ3) is 4.81. The van der Waals surface area contributed by atoms with E-state index in [9.17, 15) is 23.9 Å². The Morgan fingerprint density at radius 2 is 2.22 bits per heavy atom. The van der Waals surface area contributed by atoms with Gasteiger partial charge in [0, 0.05) is 37.0 Å². The number of nitrogen functional groups attached to an aromatic ring is 1. The minimum absolute atomic E-state index is 0.0443. The van der Waals surface area contributed by atoms with E-state index in [1.807, 2.05) is 14.1 Å². The van der Waals surface area contributed by atoms with Crippen LogP contribution in [0.15, 0.2) is 26.5 Å². The maximum Gasteiger partial charge on any atom is 0.353 e. The number of hydrogen-bond acceptors (Lipinski definition) is 14. The maximum absolute atomic E-state index is 12.9. The number of carbonyl (C=O) groups excluding carboxylic acids is 2. The van der Waals surface area contributed by atoms with Gasteiger partial charge in [-0.1, -0.05) is 5.16 Å². The van der Waals surface area contributed by atoms with Crippen LogP contribution in [0.25, 0.3) is 0 Å². The van der Waals surface area contributed by atoms with Crippen LogP contribution in [-0.4, -0.2) is 116 Å². The number of aliphatic imine (C=N–C) groups is 1. The fraction of sp³-hybridized carbons (Fsp3) is 0.444. The summed E-state index contributed by atoms with van der Waals surface area (Å²) in [5.74, 6) is -2.18. The van der Waals surface area contributed by atoms with Crippen molar-refractivity contribution >= 4 is 64.1 Å². The van der Waals surface area contributed by atoms with E-state index < -0.39 is 41.8 Å². The van der Waals surface area contributed by atoms with Gasteiger partial charge in [0.2, 0.25) is 17.5 Å². The lowest BCUT2D eigenvalue weighted by atomic mass is 10.0. The Labute approximate surface area is 211 Å². The lowest BCUT2D eigenvalue weighted by Gasteiger charge is -2.49. The summed E-state index contributed by atoms with van der Waals surface area (Å²) in [5, 5.41) is 21.0. The zero-order chi connectivity index (χ0) is 26.0. The molecule has 192 valence electrons. The highest BCUT2D eigenvalue weighted by atomic mass is 32.2. The zero-order valence-electron chi connectivity index (χ0n) is 19.0. The van der Waals surface area contributed by atoms with Gasteiger partial charge in [-0.25, -0.2) is 19.2 Å². The van der Waals surface area contributed by atoms with E-state index in [2.05, 4.69) is 34.8 Å². The topological polar surface area (TPSA) is 191 Å². The fourth-order valence-corrected chi connectivity index (χ4v) is 5.33. The normalized spacial score (nSPS) is 21.9. The van der Waals surface area contributed by atoms with Gasteiger partial charge in [0.05, 0.1) is 19.3 Å². The van der Waals surface area contributed by atoms with Crippen molar-refractivity contribution in [2.45, 2.75) is 11.4 Å². The number of thioether (sulfide) groups is 1. The Kier molecular flexibility index (Phi) is 7.34. The number of aromatic nitrogens is 2. The number of guanidine groups is 1. The molecule has 2 atom stereocenters. The molecule has 4 N–H and O–H groups in total. The number of anilines is 1. The number of halogens is 1. The van der Waals surface area contributed by atoms with E-state index in [0.29, 0.717) is 24.6 Å². The Hall–Kier alpha value is -3.80. The molecule has 1 saturated heterocycles. The Morgan fingerprint density at radius 1 is 1.44 bits per heavy atom. The lowest BCUT2D eigenvalue weighted by molar-refractivity contribution is -0.150. The van der Waals surface area contributed by atoms with Crippen LogP contribution in [-0.2, 0) is 19.2 Å². The van der Waals surface area contributed by atoms with Crippen LogP contribution in [0.3, 0.4) is 0 Å². The second kappa shape index (κ2) is 10.4. The predicted octanol–water partition coefficient (Wildman–Crippen LogP) is -1.27. The Morgan fingerprint density at radius 3 is 2.86 bits per heavy atom. The molecule has 0 aliphatic carbocycles. The van der Waals surface area contributed by atoms with Crippen LogP contribution < -0.4 is 11.1 Å². The average molecular weight is 541 g/mol. The molecule has 0 saturated carbocycles. The number of carbonyl (C=O) groups is 3. The van der Waals surface area contributed by atoms with E-state index in [4.69, 9.17) is 5.73 Å². The van der Waals surface area contributed by atoms with E-state index in [-0.39, 0.29) is 22.4 Å². The molecule has 18 heteroatoms. The highest BCUT2D eigenvalue weighted by molar-refractivity contribution is 8.00. The average Bonchev–Trinajstić information content (AvgIpc) is 3.49. The first-order valence-corrected chi connectivity index (χ1v) is 12.2. The van der Waals surface area contributed by atoms with Gasteiger partial charge in [-0.15, -0.1) is 11.8 Å². The van der Waals surface area contributed by atoms with Crippen LogP contribution in [0.5, 0.6) is 0 Å². The molecule has 0 bridgehead atoms. The highest BCUT2D eigenvalue weighted by Crippen LogP contribution is 2.40. The first-order valence-electron chi connectivity index (χ1n) is 10.3. The van der Waals surface area contributed by atoms with Gasteiger partial charge in [-0.2, -0.15) is 14.5 Å². The van der Waals surface area contributed by atoms with Crippen molar-refractivity contribution in [1.29, 1.82) is 0 Å². The minimum Gasteiger partial charge on any atom is -0.477 e. The van der Waals surface area contributed by atoms with Gasteiger partial charge in [-0.05, 0) is 0 Å². The monoisotopic (exact) mass is 540 g/mol. The third-order valence-electron chi connectivity index (χ3n) is 5.11. The van der Waals surface area contributed by atoms with Crippen molar-refractivity contribution < 1.29 is 28.7 Å². The van der Waals surface area contributed by atoms with Gasteiger partial charge in [0.1, 0.15) is 17.1 Å². The van der Waals surface area contributed by atoms with E-state index in [1.54, 1.807) is 9.91 Å². The number of aliphatic carboxylic acids is 1. The number of fused-ring (bicyclic) bond motifs is 1. The minimum atomic E-state index is -1.30. The molecule has 0 radical (unpaired) electrons. The number of carboxylic acids is 1. The fourth-order valence-electron chi connectivity index (χ4n) is 3.60. The number of hydrogen-bond donors (Lipinski definition) is 3. The second-order valence-corrected chi connectivity index (χ2v) is 9.51. The van der Waals surface area contributed by atoms with Crippen LogP contribution >= 0.6 is 23.3 Å². The molecule has 4 heterocycles. The number of hydrazone groups is 1. The summed E-state index contributed by atoms with van der Waals surface area (Å²) in [7, 11) is 3.64. The summed E-state index contributed by atoms with van der Waals surface area (Å²) in [5.41, 5.74) is 5.18. The quantitative estimate of drug-likeness (QED) is 0.202. The first-order chi connectivity index (χ1) is 17.2. The van der Waals surface area contributed by atoms with Crippen molar-refractivity contribution in [2.75, 3.05) is 45.5 Å². The molecule has 36 heavy (non-hydrogen) atoms. The molecule has 3 aliphatic heterocycles. The van der Waals surface area contributed by atoms with Crippen molar-refractivity contribution in [1.82, 2.24) is 29.5 Å². The molecule has 2 amide bonds. The van der Waals surface area contributed by atoms with E-state index in [1.165, 1.54) is 18.0 Å². The zero-order valence-corrected chi connectivity index (χ0v) is 20.6. The molecule has 0 spiro atoms. The summed E-state index contributed by atoms with van der Waals surface area (Å²) in [6.07, 6.45) is 1.41. The summed E-state index contributed by atoms with van der Waals surface area (Å²) < 4.78 is 16.3. The number of amides is 2. The number of alkyl halides is 1. The molecule has 1 aromatic rings. The highest BCUT2D eigenvalue weighted by Gasteiger charge is 2.54. The van der Waals surface area contributed by atoms with Crippen LogP contribution in [0, 0.1) is 0 Å². The summed E-state index contributed by atoms with van der Waals surface area (Å²) >= 11 is 2.04. The Bertz CT molecular complexity index is 1200. The summed E-state index contributed by atoms with van der Waals surface area (Å²) in [4.78, 5) is 53.1.